The molecule has 0 radical (unpaired) electrons. The zero-order valence-corrected chi connectivity index (χ0v) is 12.3. The lowest BCUT2D eigenvalue weighted by Gasteiger charge is -2.27. The molecule has 0 spiro atoms. The van der Waals surface area contributed by atoms with Gasteiger partial charge in [0.05, 0.1) is 5.92 Å². The average molecular weight is 292 g/mol. The maximum absolute atomic E-state index is 12.6. The van der Waals surface area contributed by atoms with Gasteiger partial charge in [-0.15, -0.1) is 0 Å². The second kappa shape index (κ2) is 6.67. The van der Waals surface area contributed by atoms with E-state index in [1.165, 1.54) is 4.90 Å². The Labute approximate surface area is 123 Å². The monoisotopic (exact) mass is 292 g/mol. The number of hydrogen-bond acceptors (Lipinski definition) is 4. The van der Waals surface area contributed by atoms with E-state index in [-0.39, 0.29) is 12.5 Å². The van der Waals surface area contributed by atoms with Crippen LogP contribution in [0.5, 0.6) is 0 Å². The van der Waals surface area contributed by atoms with Gasteiger partial charge in [-0.2, -0.15) is 0 Å². The summed E-state index contributed by atoms with van der Waals surface area (Å²) >= 11 is 0. The van der Waals surface area contributed by atoms with Crippen LogP contribution in [0.1, 0.15) is 25.3 Å². The summed E-state index contributed by atoms with van der Waals surface area (Å²) in [5, 5.41) is 9.10. The van der Waals surface area contributed by atoms with Crippen molar-refractivity contribution in [3.63, 3.8) is 0 Å². The maximum Gasteiger partial charge on any atom is 0.308 e. The molecule has 21 heavy (non-hydrogen) atoms. The van der Waals surface area contributed by atoms with E-state index in [1.54, 1.807) is 19.2 Å². The topological polar surface area (TPSA) is 79.7 Å². The van der Waals surface area contributed by atoms with Crippen molar-refractivity contribution in [2.45, 2.75) is 32.8 Å². The number of aliphatic carboxylic acids is 1. The number of aromatic nitrogens is 1. The highest BCUT2D eigenvalue weighted by Crippen LogP contribution is 2.22. The number of pyridine rings is 1. The molecule has 1 aromatic rings. The largest absolute Gasteiger partial charge is 0.481 e. The van der Waals surface area contributed by atoms with E-state index in [2.05, 4.69) is 4.98 Å². The van der Waals surface area contributed by atoms with E-state index in [1.807, 2.05) is 13.0 Å². The minimum Gasteiger partial charge on any atom is -0.481 e. The van der Waals surface area contributed by atoms with Crippen LogP contribution in [0.15, 0.2) is 18.3 Å². The lowest BCUT2D eigenvalue weighted by molar-refractivity contribution is -0.140. The van der Waals surface area contributed by atoms with Gasteiger partial charge in [-0.3, -0.25) is 14.5 Å². The summed E-state index contributed by atoms with van der Waals surface area (Å²) in [7, 11) is 0. The first-order chi connectivity index (χ1) is 10.0. The molecule has 6 nitrogen and oxygen atoms in total. The molecule has 2 rings (SSSR count). The number of amides is 1. The number of aryl methyl sites for hydroxylation is 1. The van der Waals surface area contributed by atoms with Crippen LogP contribution in [-0.2, 0) is 14.3 Å². The molecule has 114 valence electrons. The van der Waals surface area contributed by atoms with Crippen LogP contribution in [0.3, 0.4) is 0 Å². The van der Waals surface area contributed by atoms with Crippen molar-refractivity contribution in [2.75, 3.05) is 18.1 Å². The van der Waals surface area contributed by atoms with Crippen molar-refractivity contribution in [3.8, 4) is 0 Å². The highest BCUT2D eigenvalue weighted by molar-refractivity contribution is 5.97. The number of carbonyl (C=O) groups excluding carboxylic acids is 1. The molecule has 0 aromatic carbocycles. The Morgan fingerprint density at radius 3 is 2.90 bits per heavy atom. The molecule has 1 fully saturated rings. The van der Waals surface area contributed by atoms with Crippen molar-refractivity contribution < 1.29 is 19.4 Å². The van der Waals surface area contributed by atoms with Crippen LogP contribution in [0.4, 0.5) is 5.82 Å². The molecule has 1 aliphatic heterocycles. The van der Waals surface area contributed by atoms with E-state index in [0.717, 1.165) is 12.0 Å². The van der Waals surface area contributed by atoms with Gasteiger partial charge in [-0.1, -0.05) is 13.0 Å². The Kier molecular flexibility index (Phi) is 4.90. The number of carbonyl (C=O) groups is 2. The number of anilines is 1. The van der Waals surface area contributed by atoms with Gasteiger partial charge in [0.1, 0.15) is 11.9 Å². The van der Waals surface area contributed by atoms with Gasteiger partial charge < -0.3 is 9.84 Å². The fraction of sp³-hybridized carbons (Fsp3) is 0.533. The molecule has 2 heterocycles. The highest BCUT2D eigenvalue weighted by Gasteiger charge is 2.32. The van der Waals surface area contributed by atoms with Crippen LogP contribution >= 0.6 is 0 Å². The molecule has 1 aromatic heterocycles. The number of carboxylic acid groups (broad SMARTS) is 1. The van der Waals surface area contributed by atoms with Crippen LogP contribution in [0.2, 0.25) is 0 Å². The third kappa shape index (κ3) is 3.58. The Morgan fingerprint density at radius 2 is 2.33 bits per heavy atom. The zero-order valence-electron chi connectivity index (χ0n) is 12.3. The SMILES string of the molecule is Cc1cccnc1N(CC(C)C(=O)O)C(=O)C1CCCO1. The molecule has 2 atom stereocenters. The first-order valence-electron chi connectivity index (χ1n) is 7.08. The fourth-order valence-electron chi connectivity index (χ4n) is 2.34. The van der Waals surface area contributed by atoms with Crippen molar-refractivity contribution in [1.29, 1.82) is 0 Å². The van der Waals surface area contributed by atoms with E-state index >= 15 is 0 Å². The third-order valence-corrected chi connectivity index (χ3v) is 3.59. The summed E-state index contributed by atoms with van der Waals surface area (Å²) < 4.78 is 5.43. The standard InChI is InChI=1S/C15H20N2O4/c1-10-5-3-7-16-13(10)17(9-11(2)15(19)20)14(18)12-6-4-8-21-12/h3,5,7,11-12H,4,6,8-9H2,1-2H3,(H,19,20). The summed E-state index contributed by atoms with van der Waals surface area (Å²) in [6.45, 7) is 4.09. The molecule has 2 unspecified atom stereocenters. The third-order valence-electron chi connectivity index (χ3n) is 3.59. The molecule has 1 aliphatic rings. The first-order valence-corrected chi connectivity index (χ1v) is 7.08. The van der Waals surface area contributed by atoms with Crippen LogP contribution in [-0.4, -0.2) is 41.2 Å². The van der Waals surface area contributed by atoms with E-state index in [9.17, 15) is 9.59 Å². The second-order valence-corrected chi connectivity index (χ2v) is 5.33. The van der Waals surface area contributed by atoms with Gasteiger partial charge in [-0.05, 0) is 31.4 Å². The molecule has 6 heteroatoms. The average Bonchev–Trinajstić information content (AvgIpc) is 2.98. The Hall–Kier alpha value is -1.95. The van der Waals surface area contributed by atoms with Gasteiger partial charge in [0.15, 0.2) is 0 Å². The van der Waals surface area contributed by atoms with Crippen molar-refractivity contribution in [2.24, 2.45) is 5.92 Å². The Balaban J connectivity index is 2.27. The molecule has 0 aliphatic carbocycles. The predicted octanol–water partition coefficient (Wildman–Crippen LogP) is 1.62. The lowest BCUT2D eigenvalue weighted by Crippen LogP contribution is -2.43. The molecule has 1 amide bonds. The quantitative estimate of drug-likeness (QED) is 0.892. The van der Waals surface area contributed by atoms with E-state index in [0.29, 0.717) is 18.8 Å². The predicted molar refractivity (Wildman–Crippen MR) is 77.1 cm³/mol. The van der Waals surface area contributed by atoms with Crippen molar-refractivity contribution in [1.82, 2.24) is 4.98 Å². The number of hydrogen-bond donors (Lipinski definition) is 1. The molecular weight excluding hydrogens is 272 g/mol. The highest BCUT2D eigenvalue weighted by atomic mass is 16.5. The van der Waals surface area contributed by atoms with Crippen LogP contribution < -0.4 is 4.90 Å². The molecule has 0 saturated carbocycles. The number of rotatable bonds is 5. The van der Waals surface area contributed by atoms with E-state index in [4.69, 9.17) is 9.84 Å². The second-order valence-electron chi connectivity index (χ2n) is 5.33. The summed E-state index contributed by atoms with van der Waals surface area (Å²) in [5.41, 5.74) is 0.835. The number of carboxylic acids is 1. The summed E-state index contributed by atoms with van der Waals surface area (Å²) in [4.78, 5) is 29.4. The van der Waals surface area contributed by atoms with Crippen LogP contribution in [0.25, 0.3) is 0 Å². The molecule has 1 saturated heterocycles. The minimum absolute atomic E-state index is 0.0892. The lowest BCUT2D eigenvalue weighted by atomic mass is 10.1. The Bertz CT molecular complexity index is 526. The van der Waals surface area contributed by atoms with Crippen molar-refractivity contribution >= 4 is 17.7 Å². The van der Waals surface area contributed by atoms with Gasteiger partial charge in [-0.25, -0.2) is 4.98 Å². The minimum atomic E-state index is -0.936. The first kappa shape index (κ1) is 15.4. The zero-order chi connectivity index (χ0) is 15.4. The van der Waals surface area contributed by atoms with Gasteiger partial charge >= 0.3 is 5.97 Å². The van der Waals surface area contributed by atoms with Crippen molar-refractivity contribution in [3.05, 3.63) is 23.9 Å². The molecular formula is C15H20N2O4. The number of ether oxygens (including phenoxy) is 1. The maximum atomic E-state index is 12.6. The van der Waals surface area contributed by atoms with Crippen LogP contribution in [0, 0.1) is 12.8 Å². The molecule has 0 bridgehead atoms. The van der Waals surface area contributed by atoms with Gasteiger partial charge in [0, 0.05) is 19.3 Å². The summed E-state index contributed by atoms with van der Waals surface area (Å²) in [6.07, 6.45) is 2.62. The van der Waals surface area contributed by atoms with E-state index < -0.39 is 18.0 Å². The fourth-order valence-corrected chi connectivity index (χ4v) is 2.34. The van der Waals surface area contributed by atoms with Gasteiger partial charge in [0.25, 0.3) is 5.91 Å². The number of nitrogens with zero attached hydrogens (tertiary/aromatic N) is 2. The smallest absolute Gasteiger partial charge is 0.308 e. The Morgan fingerprint density at radius 1 is 1.57 bits per heavy atom. The van der Waals surface area contributed by atoms with Gasteiger partial charge in [0.2, 0.25) is 0 Å². The summed E-state index contributed by atoms with van der Waals surface area (Å²) in [5.74, 6) is -1.31. The molecule has 1 N–H and O–H groups in total. The summed E-state index contributed by atoms with van der Waals surface area (Å²) in [6, 6.07) is 3.64. The normalized spacial score (nSPS) is 19.2.